The highest BCUT2D eigenvalue weighted by Gasteiger charge is 2.31. The fraction of sp³-hybridized carbons (Fsp3) is 0.200. The first-order valence-electron chi connectivity index (χ1n) is 7.61. The van der Waals surface area contributed by atoms with Crippen LogP contribution in [0.2, 0.25) is 0 Å². The molecule has 0 saturated carbocycles. The lowest BCUT2D eigenvalue weighted by Gasteiger charge is -2.16. The number of carbonyl (C=O) groups excluding carboxylic acids is 1. The number of likely N-dealkylation sites (N-methyl/N-ethyl adjacent to an activating group) is 1. The van der Waals surface area contributed by atoms with Gasteiger partial charge in [0.15, 0.2) is 0 Å². The lowest BCUT2D eigenvalue weighted by atomic mass is 10.3. The first-order valence-corrected chi connectivity index (χ1v) is 8.49. The van der Waals surface area contributed by atoms with Crippen molar-refractivity contribution in [3.05, 3.63) is 46.0 Å². The van der Waals surface area contributed by atoms with Crippen LogP contribution >= 0.6 is 11.3 Å². The summed E-state index contributed by atoms with van der Waals surface area (Å²) in [4.78, 5) is 28.8. The molecular weight excluding hydrogens is 403 g/mol. The zero-order valence-electron chi connectivity index (χ0n) is 14.1. The Hall–Kier alpha value is -3.35. The van der Waals surface area contributed by atoms with E-state index in [1.54, 1.807) is 5.38 Å². The average Bonchev–Trinajstić information content (AvgIpc) is 3.15. The molecule has 148 valence electrons. The molecule has 3 rings (SSSR count). The van der Waals surface area contributed by atoms with E-state index in [9.17, 15) is 28.1 Å². The summed E-state index contributed by atoms with van der Waals surface area (Å²) in [5, 5.41) is 15.5. The summed E-state index contributed by atoms with van der Waals surface area (Å²) < 4.78 is 41.5. The van der Waals surface area contributed by atoms with Crippen LogP contribution in [-0.2, 0) is 4.79 Å². The molecule has 0 spiro atoms. The third kappa shape index (κ3) is 4.31. The lowest BCUT2D eigenvalue weighted by Crippen LogP contribution is -2.30. The number of aromatic nitrogens is 2. The molecule has 0 aliphatic heterocycles. The summed E-state index contributed by atoms with van der Waals surface area (Å²) >= 11 is 1.21. The molecule has 28 heavy (non-hydrogen) atoms. The number of nitro groups is 1. The number of fused-ring (bicyclic) bond motifs is 1. The highest BCUT2D eigenvalue weighted by molar-refractivity contribution is 7.15. The normalized spacial score (nSPS) is 11.4. The van der Waals surface area contributed by atoms with Gasteiger partial charge in [0.2, 0.25) is 11.7 Å². The Balaban J connectivity index is 1.67. The summed E-state index contributed by atoms with van der Waals surface area (Å²) in [7, 11) is 1.47. The molecular formula is C15H12F3N5O4S. The molecule has 2 heterocycles. The van der Waals surface area contributed by atoms with Crippen LogP contribution < -0.4 is 15.0 Å². The van der Waals surface area contributed by atoms with Crippen LogP contribution in [0.5, 0.6) is 5.75 Å². The second-order valence-electron chi connectivity index (χ2n) is 5.55. The average molecular weight is 415 g/mol. The lowest BCUT2D eigenvalue weighted by molar-refractivity contribution is -0.389. The predicted molar refractivity (Wildman–Crippen MR) is 94.7 cm³/mol. The highest BCUT2D eigenvalue weighted by atomic mass is 32.1. The zero-order chi connectivity index (χ0) is 20.5. The molecule has 1 amide bonds. The van der Waals surface area contributed by atoms with Crippen LogP contribution in [0.1, 0.15) is 0 Å². The fourth-order valence-corrected chi connectivity index (χ4v) is 3.12. The van der Waals surface area contributed by atoms with E-state index in [1.165, 1.54) is 46.0 Å². The minimum atomic E-state index is -4.81. The monoisotopic (exact) mass is 415 g/mol. The molecule has 9 nitrogen and oxygen atoms in total. The molecule has 1 N–H and O–H groups in total. The van der Waals surface area contributed by atoms with Crippen molar-refractivity contribution in [1.29, 1.82) is 0 Å². The number of imidazole rings is 1. The minimum absolute atomic E-state index is 0.0286. The minimum Gasteiger partial charge on any atom is -0.406 e. The van der Waals surface area contributed by atoms with Gasteiger partial charge in [0, 0.05) is 18.1 Å². The summed E-state index contributed by atoms with van der Waals surface area (Å²) in [5.41, 5.74) is 0.244. The molecule has 1 aromatic carbocycles. The number of halogens is 3. The molecule has 2 aromatic heterocycles. The molecule has 0 aliphatic carbocycles. The van der Waals surface area contributed by atoms with E-state index in [-0.39, 0.29) is 23.9 Å². The number of alkyl halides is 3. The van der Waals surface area contributed by atoms with E-state index >= 15 is 0 Å². The quantitative estimate of drug-likeness (QED) is 0.490. The van der Waals surface area contributed by atoms with E-state index in [4.69, 9.17) is 0 Å². The number of thiazole rings is 1. The van der Waals surface area contributed by atoms with Crippen LogP contribution in [-0.4, -0.2) is 40.2 Å². The molecule has 0 aliphatic rings. The van der Waals surface area contributed by atoms with Crippen molar-refractivity contribution in [2.75, 3.05) is 23.8 Å². The summed E-state index contributed by atoms with van der Waals surface area (Å²) in [6.45, 7) is -0.257. The van der Waals surface area contributed by atoms with E-state index in [0.717, 1.165) is 12.1 Å². The Kier molecular flexibility index (Phi) is 5.09. The number of ether oxygens (including phenoxy) is 1. The Morgan fingerprint density at radius 3 is 2.68 bits per heavy atom. The standard InChI is InChI=1S/C15H12F3N5O4S/c1-21(12-13(23(25)26)22-6-7-28-14(22)20-12)8-11(24)19-9-2-4-10(5-3-9)27-15(16,17)18/h2-7H,8H2,1H3,(H,19,24). The summed E-state index contributed by atoms with van der Waals surface area (Å²) in [6.07, 6.45) is -3.30. The van der Waals surface area contributed by atoms with Gasteiger partial charge in [-0.25, -0.2) is 0 Å². The van der Waals surface area contributed by atoms with Crippen molar-refractivity contribution in [1.82, 2.24) is 9.38 Å². The first-order chi connectivity index (χ1) is 13.1. The van der Waals surface area contributed by atoms with Crippen molar-refractivity contribution < 1.29 is 27.6 Å². The molecule has 0 atom stereocenters. The number of hydrogen-bond donors (Lipinski definition) is 1. The van der Waals surface area contributed by atoms with E-state index in [1.807, 2.05) is 0 Å². The summed E-state index contributed by atoms with van der Waals surface area (Å²) in [6, 6.07) is 4.60. The number of amides is 1. The first kappa shape index (κ1) is 19.4. The smallest absolute Gasteiger partial charge is 0.406 e. The van der Waals surface area contributed by atoms with Gasteiger partial charge in [0.05, 0.1) is 6.54 Å². The van der Waals surface area contributed by atoms with E-state index in [2.05, 4.69) is 15.0 Å². The van der Waals surface area contributed by atoms with Crippen molar-refractivity contribution >= 4 is 39.5 Å². The van der Waals surface area contributed by atoms with Crippen LogP contribution in [0.25, 0.3) is 4.96 Å². The molecule has 0 saturated heterocycles. The van der Waals surface area contributed by atoms with Crippen molar-refractivity contribution in [2.24, 2.45) is 0 Å². The molecule has 3 aromatic rings. The molecule has 0 fully saturated rings. The SMILES string of the molecule is CN(CC(=O)Nc1ccc(OC(F)(F)F)cc1)c1nc2sccn2c1[N+](=O)[O-]. The number of nitrogens with one attached hydrogen (secondary N) is 1. The summed E-state index contributed by atoms with van der Waals surface area (Å²) in [5.74, 6) is -1.19. The number of nitrogens with zero attached hydrogens (tertiary/aromatic N) is 4. The third-order valence-electron chi connectivity index (χ3n) is 3.51. The topological polar surface area (TPSA) is 102 Å². The Morgan fingerprint density at radius 2 is 2.07 bits per heavy atom. The Labute approximate surface area is 159 Å². The van der Waals surface area contributed by atoms with E-state index < -0.39 is 22.9 Å². The van der Waals surface area contributed by atoms with Crippen LogP contribution in [0.15, 0.2) is 35.8 Å². The largest absolute Gasteiger partial charge is 0.573 e. The Morgan fingerprint density at radius 1 is 1.39 bits per heavy atom. The van der Waals surface area contributed by atoms with Gasteiger partial charge < -0.3 is 25.1 Å². The van der Waals surface area contributed by atoms with Gasteiger partial charge in [-0.3, -0.25) is 4.79 Å². The number of hydrogen-bond acceptors (Lipinski definition) is 7. The van der Waals surface area contributed by atoms with Crippen molar-refractivity contribution in [2.45, 2.75) is 6.36 Å². The third-order valence-corrected chi connectivity index (χ3v) is 4.26. The number of carbonyl (C=O) groups is 1. The van der Waals surface area contributed by atoms with Gasteiger partial charge in [0.1, 0.15) is 11.9 Å². The van der Waals surface area contributed by atoms with Gasteiger partial charge in [-0.2, -0.15) is 9.38 Å². The molecule has 0 unspecified atom stereocenters. The van der Waals surface area contributed by atoms with E-state index in [0.29, 0.717) is 4.96 Å². The van der Waals surface area contributed by atoms with Gasteiger partial charge in [-0.15, -0.1) is 13.2 Å². The van der Waals surface area contributed by atoms with Gasteiger partial charge in [-0.1, -0.05) is 11.3 Å². The second-order valence-corrected chi connectivity index (χ2v) is 6.42. The van der Waals surface area contributed by atoms with Gasteiger partial charge in [0.25, 0.3) is 4.96 Å². The van der Waals surface area contributed by atoms with Crippen molar-refractivity contribution in [3.8, 4) is 5.75 Å². The number of anilines is 2. The highest BCUT2D eigenvalue weighted by Crippen LogP contribution is 2.30. The number of benzene rings is 1. The molecule has 0 bridgehead atoms. The Bertz CT molecular complexity index is 1020. The molecule has 0 radical (unpaired) electrons. The van der Waals surface area contributed by atoms with Crippen LogP contribution in [0, 0.1) is 10.1 Å². The maximum atomic E-state index is 12.2. The maximum Gasteiger partial charge on any atom is 0.573 e. The van der Waals surface area contributed by atoms with Crippen LogP contribution in [0.4, 0.5) is 30.5 Å². The van der Waals surface area contributed by atoms with Gasteiger partial charge in [-0.05, 0) is 29.2 Å². The van der Waals surface area contributed by atoms with Crippen molar-refractivity contribution in [3.63, 3.8) is 0 Å². The predicted octanol–water partition coefficient (Wildman–Crippen LogP) is 3.28. The second kappa shape index (κ2) is 7.34. The zero-order valence-corrected chi connectivity index (χ0v) is 15.0. The van der Waals surface area contributed by atoms with Crippen LogP contribution in [0.3, 0.4) is 0 Å². The van der Waals surface area contributed by atoms with Gasteiger partial charge >= 0.3 is 12.2 Å². The number of rotatable bonds is 6. The maximum absolute atomic E-state index is 12.2. The molecule has 13 heteroatoms. The fourth-order valence-electron chi connectivity index (χ4n) is 2.42.